The van der Waals surface area contributed by atoms with Crippen LogP contribution < -0.4 is 0 Å². The molecule has 3 aromatic rings. The van der Waals surface area contributed by atoms with Crippen LogP contribution in [0.3, 0.4) is 0 Å². The molecule has 0 aliphatic heterocycles. The van der Waals surface area contributed by atoms with Crippen molar-refractivity contribution in [1.82, 2.24) is 4.57 Å². The third-order valence-electron chi connectivity index (χ3n) is 4.22. The van der Waals surface area contributed by atoms with E-state index in [4.69, 9.17) is 4.74 Å². The van der Waals surface area contributed by atoms with Gasteiger partial charge >= 0.3 is 0 Å². The van der Waals surface area contributed by atoms with Gasteiger partial charge in [-0.15, -0.1) is 0 Å². The lowest BCUT2D eigenvalue weighted by Gasteiger charge is -2.13. The second-order valence-corrected chi connectivity index (χ2v) is 5.92. The molecular weight excluding hydrogens is 286 g/mol. The first-order valence-corrected chi connectivity index (χ1v) is 7.79. The van der Waals surface area contributed by atoms with Gasteiger partial charge in [-0.1, -0.05) is 49.4 Å². The Labute approximate surface area is 136 Å². The summed E-state index contributed by atoms with van der Waals surface area (Å²) >= 11 is 0. The highest BCUT2D eigenvalue weighted by Crippen LogP contribution is 2.38. The minimum Gasteiger partial charge on any atom is -0.364 e. The fraction of sp³-hybridized carbons (Fsp3) is 0.250. The number of rotatable bonds is 5. The van der Waals surface area contributed by atoms with E-state index in [9.17, 15) is 4.79 Å². The molecule has 0 aliphatic carbocycles. The highest BCUT2D eigenvalue weighted by Gasteiger charge is 2.22. The number of benzene rings is 2. The van der Waals surface area contributed by atoms with E-state index < -0.39 is 0 Å². The van der Waals surface area contributed by atoms with Crippen LogP contribution in [0.1, 0.15) is 24.0 Å². The van der Waals surface area contributed by atoms with Gasteiger partial charge in [0.1, 0.15) is 13.0 Å². The zero-order valence-electron chi connectivity index (χ0n) is 13.7. The molecule has 118 valence electrons. The maximum Gasteiger partial charge on any atom is 0.127 e. The summed E-state index contributed by atoms with van der Waals surface area (Å²) < 4.78 is 7.60. The highest BCUT2D eigenvalue weighted by molar-refractivity contribution is 5.95. The Hall–Kier alpha value is -2.39. The Morgan fingerprint density at radius 1 is 1.17 bits per heavy atom. The Bertz CT molecular complexity index is 834. The van der Waals surface area contributed by atoms with Gasteiger partial charge in [-0.2, -0.15) is 0 Å². The van der Waals surface area contributed by atoms with Crippen LogP contribution in [0.15, 0.2) is 48.5 Å². The summed E-state index contributed by atoms with van der Waals surface area (Å²) in [7, 11) is 1.69. The molecule has 0 aliphatic rings. The van der Waals surface area contributed by atoms with Crippen molar-refractivity contribution in [3.8, 4) is 11.3 Å². The third-order valence-corrected chi connectivity index (χ3v) is 4.22. The van der Waals surface area contributed by atoms with E-state index in [1.807, 2.05) is 25.1 Å². The summed E-state index contributed by atoms with van der Waals surface area (Å²) in [6.07, 6.45) is 1.01. The predicted octanol–water partition coefficient (Wildman–Crippen LogP) is 4.52. The second-order valence-electron chi connectivity index (χ2n) is 5.92. The first kappa shape index (κ1) is 15.5. The molecule has 0 fully saturated rings. The van der Waals surface area contributed by atoms with Crippen LogP contribution in [0.25, 0.3) is 22.2 Å². The van der Waals surface area contributed by atoms with Gasteiger partial charge in [0.25, 0.3) is 0 Å². The van der Waals surface area contributed by atoms with Crippen LogP contribution in [0.2, 0.25) is 0 Å². The Balaban J connectivity index is 2.42. The number of aryl methyl sites for hydroxylation is 1. The number of aromatic nitrogens is 1. The summed E-state index contributed by atoms with van der Waals surface area (Å²) in [5.74, 6) is -0.173. The van der Waals surface area contributed by atoms with Crippen molar-refractivity contribution in [3.05, 3.63) is 59.7 Å². The minimum atomic E-state index is -0.173. The van der Waals surface area contributed by atoms with Gasteiger partial charge < -0.3 is 14.1 Å². The molecular formula is C20H21NO2. The normalized spacial score (nSPS) is 12.5. The maximum absolute atomic E-state index is 11.5. The largest absolute Gasteiger partial charge is 0.364 e. The molecule has 0 amide bonds. The van der Waals surface area contributed by atoms with E-state index in [-0.39, 0.29) is 5.92 Å². The average Bonchev–Trinajstić information content (AvgIpc) is 2.89. The van der Waals surface area contributed by atoms with Crippen LogP contribution in [0.5, 0.6) is 0 Å². The summed E-state index contributed by atoms with van der Waals surface area (Å²) in [4.78, 5) is 11.5. The van der Waals surface area contributed by atoms with Crippen molar-refractivity contribution in [3.63, 3.8) is 0 Å². The first-order valence-electron chi connectivity index (χ1n) is 7.79. The quantitative estimate of drug-likeness (QED) is 0.649. The summed E-state index contributed by atoms with van der Waals surface area (Å²) in [6, 6.07) is 16.5. The molecule has 1 aromatic heterocycles. The van der Waals surface area contributed by atoms with Gasteiger partial charge in [-0.3, -0.25) is 0 Å². The van der Waals surface area contributed by atoms with Crippen LogP contribution in [0, 0.1) is 6.92 Å². The van der Waals surface area contributed by atoms with Gasteiger partial charge in [-0.05, 0) is 29.7 Å². The summed E-state index contributed by atoms with van der Waals surface area (Å²) in [5, 5.41) is 1.12. The number of methoxy groups -OCH3 is 1. The molecule has 1 heterocycles. The molecule has 0 saturated heterocycles. The van der Waals surface area contributed by atoms with E-state index in [2.05, 4.69) is 41.8 Å². The second kappa shape index (κ2) is 6.39. The van der Waals surface area contributed by atoms with Crippen molar-refractivity contribution < 1.29 is 9.53 Å². The van der Waals surface area contributed by atoms with E-state index >= 15 is 0 Å². The third kappa shape index (κ3) is 2.68. The zero-order chi connectivity index (χ0) is 16.4. The fourth-order valence-corrected chi connectivity index (χ4v) is 3.19. The number of carbonyl (C=O) groups is 1. The van der Waals surface area contributed by atoms with Crippen LogP contribution in [0.4, 0.5) is 0 Å². The molecule has 23 heavy (non-hydrogen) atoms. The molecule has 0 spiro atoms. The van der Waals surface area contributed by atoms with Crippen molar-refractivity contribution >= 4 is 17.2 Å². The number of fused-ring (bicyclic) bond motifs is 1. The SMILES string of the molecule is COCn1c(-c2ccccc2)c(C(C)C=O)c2ccc(C)cc21. The molecule has 0 radical (unpaired) electrons. The number of nitrogens with zero attached hydrogens (tertiary/aromatic N) is 1. The average molecular weight is 307 g/mol. The Morgan fingerprint density at radius 3 is 2.57 bits per heavy atom. The van der Waals surface area contributed by atoms with Crippen molar-refractivity contribution in [2.75, 3.05) is 7.11 Å². The standard InChI is InChI=1S/C20H21NO2/c1-14-9-10-17-18(11-14)21(13-23-3)20(19(17)15(2)12-22)16-7-5-4-6-8-16/h4-12,15H,13H2,1-3H3. The molecule has 0 saturated carbocycles. The van der Waals surface area contributed by atoms with Crippen LogP contribution in [-0.2, 0) is 16.3 Å². The number of hydrogen-bond donors (Lipinski definition) is 0. The van der Waals surface area contributed by atoms with E-state index in [1.165, 1.54) is 5.56 Å². The lowest BCUT2D eigenvalue weighted by Crippen LogP contribution is -2.04. The number of aldehydes is 1. The van der Waals surface area contributed by atoms with Gasteiger partial charge in [-0.25, -0.2) is 0 Å². The first-order chi connectivity index (χ1) is 11.2. The number of carbonyl (C=O) groups excluding carboxylic acids is 1. The van der Waals surface area contributed by atoms with Gasteiger partial charge in [0, 0.05) is 18.4 Å². The fourth-order valence-electron chi connectivity index (χ4n) is 3.19. The molecule has 1 atom stereocenters. The van der Waals surface area contributed by atoms with Crippen molar-refractivity contribution in [1.29, 1.82) is 0 Å². The maximum atomic E-state index is 11.5. The minimum absolute atomic E-state index is 0.173. The van der Waals surface area contributed by atoms with Crippen molar-refractivity contribution in [2.45, 2.75) is 26.5 Å². The molecule has 0 N–H and O–H groups in total. The molecule has 0 bridgehead atoms. The molecule has 3 rings (SSSR count). The monoisotopic (exact) mass is 307 g/mol. The Morgan fingerprint density at radius 2 is 1.91 bits per heavy atom. The smallest absolute Gasteiger partial charge is 0.127 e. The van der Waals surface area contributed by atoms with E-state index in [0.717, 1.165) is 34.0 Å². The topological polar surface area (TPSA) is 31.2 Å². The van der Waals surface area contributed by atoms with Crippen LogP contribution >= 0.6 is 0 Å². The summed E-state index contributed by atoms with van der Waals surface area (Å²) in [5.41, 5.74) is 5.53. The lowest BCUT2D eigenvalue weighted by atomic mass is 9.95. The molecule has 3 nitrogen and oxygen atoms in total. The molecule has 2 aromatic carbocycles. The van der Waals surface area contributed by atoms with Gasteiger partial charge in [0.05, 0.1) is 11.2 Å². The lowest BCUT2D eigenvalue weighted by molar-refractivity contribution is -0.108. The molecule has 1 unspecified atom stereocenters. The molecule has 3 heteroatoms. The Kier molecular flexibility index (Phi) is 4.30. The number of hydrogen-bond acceptors (Lipinski definition) is 2. The van der Waals surface area contributed by atoms with Gasteiger partial charge in [0.15, 0.2) is 0 Å². The highest BCUT2D eigenvalue weighted by atomic mass is 16.5. The van der Waals surface area contributed by atoms with E-state index in [1.54, 1.807) is 7.11 Å². The van der Waals surface area contributed by atoms with Crippen LogP contribution in [-0.4, -0.2) is 18.0 Å². The number of ether oxygens (including phenoxy) is 1. The van der Waals surface area contributed by atoms with Crippen molar-refractivity contribution in [2.24, 2.45) is 0 Å². The van der Waals surface area contributed by atoms with E-state index in [0.29, 0.717) is 6.73 Å². The predicted molar refractivity (Wildman–Crippen MR) is 93.6 cm³/mol. The summed E-state index contributed by atoms with van der Waals surface area (Å²) in [6.45, 7) is 4.48. The zero-order valence-corrected chi connectivity index (χ0v) is 13.7. The van der Waals surface area contributed by atoms with Gasteiger partial charge in [0.2, 0.25) is 0 Å².